The molecule has 1 saturated heterocycles. The molecule has 0 radical (unpaired) electrons. The van der Waals surface area contributed by atoms with Crippen molar-refractivity contribution in [2.24, 2.45) is 0 Å². The summed E-state index contributed by atoms with van der Waals surface area (Å²) in [6.45, 7) is 1.85. The number of aromatic nitrogens is 2. The fraction of sp³-hybridized carbons (Fsp3) is 0.462. The van der Waals surface area contributed by atoms with Crippen LogP contribution in [0.1, 0.15) is 12.8 Å². The van der Waals surface area contributed by atoms with Gasteiger partial charge in [0.15, 0.2) is 0 Å². The van der Waals surface area contributed by atoms with Gasteiger partial charge in [0.1, 0.15) is 0 Å². The first-order valence-corrected chi connectivity index (χ1v) is 6.61. The van der Waals surface area contributed by atoms with Gasteiger partial charge >= 0.3 is 5.69 Å². The van der Waals surface area contributed by atoms with Crippen molar-refractivity contribution in [3.8, 4) is 0 Å². The van der Waals surface area contributed by atoms with Crippen LogP contribution in [0.25, 0.3) is 11.0 Å². The Kier molecular flexibility index (Phi) is 2.92. The maximum Gasteiger partial charge on any atom is 0.326 e. The summed E-state index contributed by atoms with van der Waals surface area (Å²) >= 11 is 6.01. The second kappa shape index (κ2) is 4.44. The van der Waals surface area contributed by atoms with Gasteiger partial charge in [0.2, 0.25) is 0 Å². The third-order valence-corrected chi connectivity index (χ3v) is 4.04. The van der Waals surface area contributed by atoms with Crippen molar-refractivity contribution in [2.45, 2.75) is 25.4 Å². The Morgan fingerprint density at radius 3 is 3.06 bits per heavy atom. The fourth-order valence-corrected chi connectivity index (χ4v) is 2.89. The average Bonchev–Trinajstić information content (AvgIpc) is 2.86. The molecule has 0 aliphatic carbocycles. The largest absolute Gasteiger partial charge is 0.326 e. The van der Waals surface area contributed by atoms with Crippen LogP contribution in [0.3, 0.4) is 0 Å². The molecule has 1 aromatic carbocycles. The maximum absolute atomic E-state index is 12.0. The van der Waals surface area contributed by atoms with Gasteiger partial charge in [-0.15, -0.1) is 0 Å². The summed E-state index contributed by atoms with van der Waals surface area (Å²) in [4.78, 5) is 17.2. The number of benzene rings is 1. The Morgan fingerprint density at radius 2 is 2.33 bits per heavy atom. The maximum atomic E-state index is 12.0. The molecule has 0 saturated carbocycles. The van der Waals surface area contributed by atoms with E-state index in [1.165, 1.54) is 6.42 Å². The number of hydrogen-bond acceptors (Lipinski definition) is 2. The lowest BCUT2D eigenvalue weighted by Gasteiger charge is -2.19. The van der Waals surface area contributed by atoms with Crippen molar-refractivity contribution < 1.29 is 0 Å². The van der Waals surface area contributed by atoms with Gasteiger partial charge in [0, 0.05) is 17.6 Å². The first-order chi connectivity index (χ1) is 8.65. The van der Waals surface area contributed by atoms with Crippen LogP contribution in [0.15, 0.2) is 23.0 Å². The third-order valence-electron chi connectivity index (χ3n) is 3.80. The zero-order chi connectivity index (χ0) is 12.7. The monoisotopic (exact) mass is 265 g/mol. The molecule has 1 atom stereocenters. The highest BCUT2D eigenvalue weighted by molar-refractivity contribution is 6.31. The summed E-state index contributed by atoms with van der Waals surface area (Å²) in [5, 5.41) is 0.662. The highest BCUT2D eigenvalue weighted by Crippen LogP contribution is 2.20. The molecular formula is C13H16ClN3O. The van der Waals surface area contributed by atoms with Gasteiger partial charge in [-0.05, 0) is 44.6 Å². The Bertz CT molecular complexity index is 631. The Balaban J connectivity index is 2.02. The van der Waals surface area contributed by atoms with Crippen LogP contribution < -0.4 is 5.69 Å². The van der Waals surface area contributed by atoms with Crippen LogP contribution in [-0.4, -0.2) is 34.1 Å². The predicted molar refractivity (Wildman–Crippen MR) is 73.2 cm³/mol. The van der Waals surface area contributed by atoms with Crippen molar-refractivity contribution in [2.75, 3.05) is 13.6 Å². The molecule has 18 heavy (non-hydrogen) atoms. The van der Waals surface area contributed by atoms with Crippen LogP contribution in [0.2, 0.25) is 5.02 Å². The topological polar surface area (TPSA) is 41.0 Å². The minimum absolute atomic E-state index is 0.0485. The molecule has 1 unspecified atom stereocenters. The highest BCUT2D eigenvalue weighted by Gasteiger charge is 2.22. The number of H-pyrrole nitrogens is 1. The molecule has 3 rings (SSSR count). The molecule has 2 aromatic rings. The second-order valence-corrected chi connectivity index (χ2v) is 5.42. The molecule has 1 fully saturated rings. The minimum Gasteiger partial charge on any atom is -0.306 e. The van der Waals surface area contributed by atoms with Gasteiger partial charge in [0.05, 0.1) is 11.0 Å². The smallest absolute Gasteiger partial charge is 0.306 e. The van der Waals surface area contributed by atoms with E-state index in [0.717, 1.165) is 30.5 Å². The van der Waals surface area contributed by atoms with Gasteiger partial charge in [-0.25, -0.2) is 4.79 Å². The van der Waals surface area contributed by atoms with Crippen LogP contribution >= 0.6 is 11.6 Å². The van der Waals surface area contributed by atoms with Crippen molar-refractivity contribution in [1.82, 2.24) is 14.5 Å². The lowest BCUT2D eigenvalue weighted by Crippen LogP contribution is -2.32. The van der Waals surface area contributed by atoms with Crippen LogP contribution in [0, 0.1) is 0 Å². The molecule has 1 N–H and O–H groups in total. The van der Waals surface area contributed by atoms with Crippen molar-refractivity contribution in [3.05, 3.63) is 33.7 Å². The number of rotatable bonds is 2. The summed E-state index contributed by atoms with van der Waals surface area (Å²) in [6, 6.07) is 5.95. The number of fused-ring (bicyclic) bond motifs is 1. The van der Waals surface area contributed by atoms with Gasteiger partial charge in [0.25, 0.3) is 0 Å². The average molecular weight is 266 g/mol. The van der Waals surface area contributed by atoms with E-state index < -0.39 is 0 Å². The zero-order valence-electron chi connectivity index (χ0n) is 10.3. The standard InChI is InChI=1S/C13H16ClN3O/c1-16-6-2-3-10(16)8-17-12-7-9(14)4-5-11(12)15-13(17)18/h4-5,7,10H,2-3,6,8H2,1H3,(H,15,18). The molecular weight excluding hydrogens is 250 g/mol. The van der Waals surface area contributed by atoms with E-state index in [0.29, 0.717) is 11.1 Å². The summed E-state index contributed by atoms with van der Waals surface area (Å²) in [5.41, 5.74) is 1.70. The van der Waals surface area contributed by atoms with Crippen LogP contribution in [0.5, 0.6) is 0 Å². The quantitative estimate of drug-likeness (QED) is 0.903. The second-order valence-electron chi connectivity index (χ2n) is 4.98. The summed E-state index contributed by atoms with van der Waals surface area (Å²) in [5.74, 6) is 0. The van der Waals surface area contributed by atoms with Gasteiger partial charge in [-0.2, -0.15) is 0 Å². The number of nitrogens with one attached hydrogen (secondary N) is 1. The van der Waals surface area contributed by atoms with Crippen molar-refractivity contribution >= 4 is 22.6 Å². The molecule has 0 bridgehead atoms. The van der Waals surface area contributed by atoms with E-state index in [4.69, 9.17) is 11.6 Å². The van der Waals surface area contributed by atoms with E-state index >= 15 is 0 Å². The number of imidazole rings is 1. The molecule has 5 heteroatoms. The van der Waals surface area contributed by atoms with Crippen LogP contribution in [-0.2, 0) is 6.54 Å². The first kappa shape index (κ1) is 11.8. The van der Waals surface area contributed by atoms with E-state index in [2.05, 4.69) is 16.9 Å². The molecule has 4 nitrogen and oxygen atoms in total. The van der Waals surface area contributed by atoms with Gasteiger partial charge in [-0.1, -0.05) is 11.6 Å². The fourth-order valence-electron chi connectivity index (χ4n) is 2.73. The number of aromatic amines is 1. The van der Waals surface area contributed by atoms with E-state index in [1.807, 2.05) is 12.1 Å². The number of nitrogens with zero attached hydrogens (tertiary/aromatic N) is 2. The highest BCUT2D eigenvalue weighted by atomic mass is 35.5. The zero-order valence-corrected chi connectivity index (χ0v) is 11.1. The van der Waals surface area contributed by atoms with E-state index in [-0.39, 0.29) is 5.69 Å². The third kappa shape index (κ3) is 1.95. The molecule has 96 valence electrons. The molecule has 0 spiro atoms. The summed E-state index contributed by atoms with van der Waals surface area (Å²) < 4.78 is 1.80. The lowest BCUT2D eigenvalue weighted by molar-refractivity contribution is 0.282. The Labute approximate surface area is 110 Å². The van der Waals surface area contributed by atoms with E-state index in [9.17, 15) is 4.79 Å². The summed E-state index contributed by atoms with van der Waals surface area (Å²) in [6.07, 6.45) is 2.36. The molecule has 1 aliphatic heterocycles. The number of likely N-dealkylation sites (tertiary alicyclic amines) is 1. The minimum atomic E-state index is -0.0485. The number of hydrogen-bond donors (Lipinski definition) is 1. The van der Waals surface area contributed by atoms with Gasteiger partial charge in [-0.3, -0.25) is 4.57 Å². The van der Waals surface area contributed by atoms with Crippen molar-refractivity contribution in [3.63, 3.8) is 0 Å². The molecule has 0 amide bonds. The Morgan fingerprint density at radius 1 is 1.50 bits per heavy atom. The number of halogens is 1. The molecule has 2 heterocycles. The number of likely N-dealkylation sites (N-methyl/N-ethyl adjacent to an activating group) is 1. The Hall–Kier alpha value is -1.26. The van der Waals surface area contributed by atoms with Crippen LogP contribution in [0.4, 0.5) is 0 Å². The first-order valence-electron chi connectivity index (χ1n) is 6.23. The lowest BCUT2D eigenvalue weighted by atomic mass is 10.2. The normalized spacial score (nSPS) is 20.9. The SMILES string of the molecule is CN1CCCC1Cn1c(=O)[nH]c2ccc(Cl)cc21. The van der Waals surface area contributed by atoms with E-state index in [1.54, 1.807) is 10.6 Å². The summed E-state index contributed by atoms with van der Waals surface area (Å²) in [7, 11) is 2.12. The van der Waals surface area contributed by atoms with Gasteiger partial charge < -0.3 is 9.88 Å². The molecule has 1 aliphatic rings. The predicted octanol–water partition coefficient (Wildman–Crippen LogP) is 2.08. The van der Waals surface area contributed by atoms with Crippen molar-refractivity contribution in [1.29, 1.82) is 0 Å². The molecule has 1 aromatic heterocycles.